The van der Waals surface area contributed by atoms with E-state index in [-0.39, 0.29) is 6.54 Å². The van der Waals surface area contributed by atoms with Gasteiger partial charge in [-0.3, -0.25) is 4.21 Å². The Hall–Kier alpha value is -0.840. The van der Waals surface area contributed by atoms with Crippen LogP contribution in [-0.4, -0.2) is 10.5 Å². The van der Waals surface area contributed by atoms with Crippen LogP contribution in [0.2, 0.25) is 0 Å². The molecule has 1 rings (SSSR count). The number of benzene rings is 1. The summed E-state index contributed by atoms with van der Waals surface area (Å²) in [7, 11) is -1.06. The van der Waals surface area contributed by atoms with Gasteiger partial charge in [0.05, 0.1) is 17.3 Å². The first-order chi connectivity index (χ1) is 6.65. The Balaban J connectivity index is 3.15. The second kappa shape index (κ2) is 5.14. The predicted octanol–water partition coefficient (Wildman–Crippen LogP) is 3.00. The van der Waals surface area contributed by atoms with Gasteiger partial charge in [-0.25, -0.2) is 0 Å². The minimum absolute atomic E-state index is 0.227. The van der Waals surface area contributed by atoms with Gasteiger partial charge < -0.3 is 0 Å². The molecule has 74 valence electrons. The van der Waals surface area contributed by atoms with Gasteiger partial charge in [-0.1, -0.05) is 21.0 Å². The standard InChI is InChI=1S/C8H8BrN3OS/c1-14(13)8-3-2-7(9)4-6(8)5-11-12-10/h2-4H,5H2,1H3. The molecule has 1 aromatic rings. The Morgan fingerprint density at radius 2 is 2.36 bits per heavy atom. The quantitative estimate of drug-likeness (QED) is 0.474. The van der Waals surface area contributed by atoms with Crippen molar-refractivity contribution in [3.63, 3.8) is 0 Å². The molecule has 0 amide bonds. The summed E-state index contributed by atoms with van der Waals surface area (Å²) >= 11 is 3.30. The molecule has 0 aromatic heterocycles. The van der Waals surface area contributed by atoms with Gasteiger partial charge in [-0.15, -0.1) is 0 Å². The van der Waals surface area contributed by atoms with Gasteiger partial charge in [0.25, 0.3) is 0 Å². The zero-order chi connectivity index (χ0) is 10.6. The van der Waals surface area contributed by atoms with Gasteiger partial charge in [0, 0.05) is 20.5 Å². The third kappa shape index (κ3) is 2.83. The number of hydrogen-bond acceptors (Lipinski definition) is 2. The number of azide groups is 1. The number of hydrogen-bond donors (Lipinski definition) is 0. The average Bonchev–Trinajstić information content (AvgIpc) is 2.14. The van der Waals surface area contributed by atoms with Crippen molar-refractivity contribution in [1.82, 2.24) is 0 Å². The van der Waals surface area contributed by atoms with E-state index >= 15 is 0 Å². The van der Waals surface area contributed by atoms with Crippen molar-refractivity contribution in [3.05, 3.63) is 38.7 Å². The van der Waals surface area contributed by atoms with Gasteiger partial charge in [0.2, 0.25) is 0 Å². The number of rotatable bonds is 3. The van der Waals surface area contributed by atoms with Crippen LogP contribution in [0.25, 0.3) is 10.4 Å². The van der Waals surface area contributed by atoms with Gasteiger partial charge in [0.1, 0.15) is 0 Å². The zero-order valence-corrected chi connectivity index (χ0v) is 9.88. The van der Waals surface area contributed by atoms with Crippen LogP contribution < -0.4 is 0 Å². The topological polar surface area (TPSA) is 65.8 Å². The van der Waals surface area contributed by atoms with Crippen LogP contribution >= 0.6 is 15.9 Å². The number of nitrogens with zero attached hydrogens (tertiary/aromatic N) is 3. The van der Waals surface area contributed by atoms with E-state index in [0.29, 0.717) is 4.90 Å². The Kier molecular flexibility index (Phi) is 4.13. The molecule has 0 fully saturated rings. The van der Waals surface area contributed by atoms with Crippen LogP contribution in [0.15, 0.2) is 32.7 Å². The molecule has 0 spiro atoms. The molecule has 0 N–H and O–H groups in total. The Labute approximate surface area is 92.5 Å². The van der Waals surface area contributed by atoms with Gasteiger partial charge in [-0.05, 0) is 29.3 Å². The van der Waals surface area contributed by atoms with Crippen LogP contribution in [0.4, 0.5) is 0 Å². The van der Waals surface area contributed by atoms with Crippen molar-refractivity contribution in [1.29, 1.82) is 0 Å². The molecular weight excluding hydrogens is 266 g/mol. The second-order valence-electron chi connectivity index (χ2n) is 2.60. The molecule has 0 saturated carbocycles. The molecule has 1 atom stereocenters. The summed E-state index contributed by atoms with van der Waals surface area (Å²) in [5, 5.41) is 3.45. The van der Waals surface area contributed by atoms with Crippen molar-refractivity contribution in [2.75, 3.05) is 6.26 Å². The summed E-state index contributed by atoms with van der Waals surface area (Å²) in [6.45, 7) is 0.227. The predicted molar refractivity (Wildman–Crippen MR) is 59.3 cm³/mol. The molecule has 0 aliphatic carbocycles. The maximum absolute atomic E-state index is 11.3. The minimum Gasteiger partial charge on any atom is -0.255 e. The van der Waals surface area contributed by atoms with Crippen molar-refractivity contribution < 1.29 is 4.21 Å². The van der Waals surface area contributed by atoms with Crippen LogP contribution in [0, 0.1) is 0 Å². The molecule has 1 aromatic carbocycles. The third-order valence-corrected chi connectivity index (χ3v) is 3.15. The highest BCUT2D eigenvalue weighted by atomic mass is 79.9. The van der Waals surface area contributed by atoms with Crippen LogP contribution in [-0.2, 0) is 17.3 Å². The lowest BCUT2D eigenvalue weighted by atomic mass is 10.2. The molecule has 0 aliphatic rings. The molecule has 0 heterocycles. The van der Waals surface area contributed by atoms with Gasteiger partial charge in [0.15, 0.2) is 0 Å². The normalized spacial score (nSPS) is 11.9. The molecule has 4 nitrogen and oxygen atoms in total. The van der Waals surface area contributed by atoms with Crippen molar-refractivity contribution in [2.24, 2.45) is 5.11 Å². The molecule has 0 saturated heterocycles. The summed E-state index contributed by atoms with van der Waals surface area (Å²) in [5.74, 6) is 0. The van der Waals surface area contributed by atoms with E-state index in [1.807, 2.05) is 12.1 Å². The number of halogens is 1. The lowest BCUT2D eigenvalue weighted by Crippen LogP contribution is -1.94. The van der Waals surface area contributed by atoms with E-state index in [1.54, 1.807) is 12.3 Å². The monoisotopic (exact) mass is 273 g/mol. The minimum atomic E-state index is -1.06. The fourth-order valence-corrected chi connectivity index (χ4v) is 2.22. The highest BCUT2D eigenvalue weighted by molar-refractivity contribution is 9.10. The van der Waals surface area contributed by atoms with Crippen LogP contribution in [0.3, 0.4) is 0 Å². The van der Waals surface area contributed by atoms with E-state index in [4.69, 9.17) is 5.53 Å². The molecule has 0 bridgehead atoms. The van der Waals surface area contributed by atoms with Crippen molar-refractivity contribution in [2.45, 2.75) is 11.4 Å². The van der Waals surface area contributed by atoms with E-state index in [1.165, 1.54) is 0 Å². The molecular formula is C8H8BrN3OS. The van der Waals surface area contributed by atoms with E-state index in [9.17, 15) is 4.21 Å². The highest BCUT2D eigenvalue weighted by Crippen LogP contribution is 2.19. The first-order valence-corrected chi connectivity index (χ1v) is 6.13. The fraction of sp³-hybridized carbons (Fsp3) is 0.250. The Morgan fingerprint density at radius 1 is 1.64 bits per heavy atom. The van der Waals surface area contributed by atoms with Crippen molar-refractivity contribution >= 4 is 26.7 Å². The molecule has 0 aliphatic heterocycles. The first kappa shape index (κ1) is 11.2. The maximum atomic E-state index is 11.3. The maximum Gasteiger partial charge on any atom is 0.0523 e. The van der Waals surface area contributed by atoms with E-state index in [0.717, 1.165) is 10.0 Å². The summed E-state index contributed by atoms with van der Waals surface area (Å²) in [6, 6.07) is 5.39. The van der Waals surface area contributed by atoms with E-state index < -0.39 is 10.8 Å². The third-order valence-electron chi connectivity index (χ3n) is 1.64. The van der Waals surface area contributed by atoms with Crippen LogP contribution in [0.1, 0.15) is 5.56 Å². The zero-order valence-electron chi connectivity index (χ0n) is 7.48. The first-order valence-electron chi connectivity index (χ1n) is 3.78. The van der Waals surface area contributed by atoms with Crippen molar-refractivity contribution in [3.8, 4) is 0 Å². The fourth-order valence-electron chi connectivity index (χ4n) is 1.06. The molecule has 14 heavy (non-hydrogen) atoms. The molecule has 1 unspecified atom stereocenters. The largest absolute Gasteiger partial charge is 0.255 e. The van der Waals surface area contributed by atoms with Crippen LogP contribution in [0.5, 0.6) is 0 Å². The van der Waals surface area contributed by atoms with E-state index in [2.05, 4.69) is 26.0 Å². The summed E-state index contributed by atoms with van der Waals surface area (Å²) < 4.78 is 12.2. The molecule has 0 radical (unpaired) electrons. The lowest BCUT2D eigenvalue weighted by molar-refractivity contribution is 0.686. The smallest absolute Gasteiger partial charge is 0.0523 e. The summed E-state index contributed by atoms with van der Waals surface area (Å²) in [6.07, 6.45) is 1.60. The lowest BCUT2D eigenvalue weighted by Gasteiger charge is -2.04. The second-order valence-corrected chi connectivity index (χ2v) is 4.86. The Bertz CT molecular complexity index is 415. The Morgan fingerprint density at radius 3 is 2.93 bits per heavy atom. The summed E-state index contributed by atoms with van der Waals surface area (Å²) in [4.78, 5) is 3.38. The SMILES string of the molecule is CS(=O)c1ccc(Br)cc1CN=[N+]=[N-]. The van der Waals surface area contributed by atoms with Gasteiger partial charge >= 0.3 is 0 Å². The molecule has 6 heteroatoms. The highest BCUT2D eigenvalue weighted by Gasteiger charge is 2.05. The summed E-state index contributed by atoms with van der Waals surface area (Å²) in [5.41, 5.74) is 8.99. The van der Waals surface area contributed by atoms with Gasteiger partial charge in [-0.2, -0.15) is 0 Å². The average molecular weight is 274 g/mol.